The Morgan fingerprint density at radius 2 is 1.92 bits per heavy atom. The van der Waals surface area contributed by atoms with Gasteiger partial charge in [0.2, 0.25) is 0 Å². The van der Waals surface area contributed by atoms with Gasteiger partial charge >= 0.3 is 88.5 Å². The van der Waals surface area contributed by atoms with Crippen LogP contribution in [0.4, 0.5) is 0 Å². The van der Waals surface area contributed by atoms with Crippen molar-refractivity contribution < 1.29 is 0 Å². The monoisotopic (exact) mass is 267 g/mol. The summed E-state index contributed by atoms with van der Waals surface area (Å²) in [4.78, 5) is 0. The number of hydrogen-bond donors (Lipinski definition) is 0. The van der Waals surface area contributed by atoms with Crippen LogP contribution in [0.25, 0.3) is 0 Å². The molecule has 0 amide bonds. The van der Waals surface area contributed by atoms with Crippen molar-refractivity contribution in [3.05, 3.63) is 35.9 Å². The molecule has 0 N–H and O–H groups in total. The van der Waals surface area contributed by atoms with Crippen molar-refractivity contribution in [2.75, 3.05) is 0 Å². The molecule has 0 aliphatic carbocycles. The number of benzene rings is 1. The maximum absolute atomic E-state index is 2.26. The van der Waals surface area contributed by atoms with Gasteiger partial charge in [0, 0.05) is 0 Å². The molecule has 0 saturated carbocycles. The molecule has 0 bridgehead atoms. The van der Waals surface area contributed by atoms with E-state index in [1.165, 1.54) is 24.8 Å². The fourth-order valence-corrected chi connectivity index (χ4v) is 2.39. The number of unbranched alkanes of at least 4 members (excludes halogenated alkanes) is 1. The van der Waals surface area contributed by atoms with Crippen molar-refractivity contribution in [3.8, 4) is 0 Å². The van der Waals surface area contributed by atoms with Gasteiger partial charge in [-0.25, -0.2) is 0 Å². The molecule has 12 heavy (non-hydrogen) atoms. The first kappa shape index (κ1) is 10.1. The zero-order chi connectivity index (χ0) is 8.81. The normalized spacial score (nSPS) is 12.8. The van der Waals surface area contributed by atoms with E-state index < -0.39 is 0 Å². The third-order valence-electron chi connectivity index (χ3n) is 2.05. The van der Waals surface area contributed by atoms with Gasteiger partial charge in [-0.1, -0.05) is 0 Å². The van der Waals surface area contributed by atoms with Gasteiger partial charge in [0.25, 0.3) is 0 Å². The summed E-state index contributed by atoms with van der Waals surface area (Å²) >= 11 is 1.65. The van der Waals surface area contributed by atoms with Gasteiger partial charge in [0.1, 0.15) is 0 Å². The zero-order valence-electron chi connectivity index (χ0n) is 7.59. The van der Waals surface area contributed by atoms with Crippen LogP contribution in [0.3, 0.4) is 0 Å². The summed E-state index contributed by atoms with van der Waals surface area (Å²) in [5.41, 5.74) is 1.52. The minimum atomic E-state index is 0.818. The molecule has 0 heterocycles. The summed E-state index contributed by atoms with van der Waals surface area (Å²) in [6.45, 7) is 2.26. The van der Waals surface area contributed by atoms with Gasteiger partial charge in [-0.3, -0.25) is 0 Å². The standard InChI is InChI=1S/C11H15.Sn/c1-2-3-5-8-11-9-6-4-7-10-11;/h4,6-10H,2-3,5H2,1H3;. The topological polar surface area (TPSA) is 0 Å². The predicted molar refractivity (Wildman–Crippen MR) is 54.5 cm³/mol. The van der Waals surface area contributed by atoms with E-state index in [9.17, 15) is 0 Å². The van der Waals surface area contributed by atoms with Crippen molar-refractivity contribution in [2.45, 2.75) is 30.1 Å². The van der Waals surface area contributed by atoms with Crippen LogP contribution in [-0.2, 0) is 0 Å². The third kappa shape index (κ3) is 3.18. The molecule has 0 aromatic heterocycles. The van der Waals surface area contributed by atoms with Crippen molar-refractivity contribution in [1.29, 1.82) is 0 Å². The molecule has 1 unspecified atom stereocenters. The number of rotatable bonds is 4. The zero-order valence-corrected chi connectivity index (χ0v) is 10.4. The molecule has 63 valence electrons. The summed E-state index contributed by atoms with van der Waals surface area (Å²) < 4.78 is 0.818. The summed E-state index contributed by atoms with van der Waals surface area (Å²) in [5.74, 6) is 0. The Balaban J connectivity index is 2.48. The van der Waals surface area contributed by atoms with Crippen LogP contribution in [0.2, 0.25) is 0 Å². The molecule has 1 heteroatoms. The van der Waals surface area contributed by atoms with Crippen LogP contribution in [0.5, 0.6) is 0 Å². The van der Waals surface area contributed by atoms with E-state index in [-0.39, 0.29) is 0 Å². The Hall–Kier alpha value is 0.0187. The molecule has 0 nitrogen and oxygen atoms in total. The second-order valence-corrected chi connectivity index (χ2v) is 5.09. The maximum atomic E-state index is 2.26. The molecule has 0 aliphatic rings. The second-order valence-electron chi connectivity index (χ2n) is 3.11. The van der Waals surface area contributed by atoms with E-state index in [2.05, 4.69) is 37.3 Å². The molecule has 1 atom stereocenters. The first-order valence-corrected chi connectivity index (χ1v) is 6.25. The van der Waals surface area contributed by atoms with Crippen LogP contribution in [-0.4, -0.2) is 22.5 Å². The van der Waals surface area contributed by atoms with Crippen LogP contribution in [0.15, 0.2) is 30.3 Å². The molecular weight excluding hydrogens is 251 g/mol. The second kappa shape index (κ2) is 5.63. The van der Waals surface area contributed by atoms with E-state index in [0.717, 1.165) is 3.93 Å². The molecule has 0 spiro atoms. The average Bonchev–Trinajstić information content (AvgIpc) is 2.15. The molecule has 0 aliphatic heterocycles. The number of hydrogen-bond acceptors (Lipinski definition) is 0. The van der Waals surface area contributed by atoms with Crippen LogP contribution >= 0.6 is 0 Å². The molecule has 1 aromatic rings. The van der Waals surface area contributed by atoms with Gasteiger partial charge in [-0.05, 0) is 0 Å². The predicted octanol–water partition coefficient (Wildman–Crippen LogP) is 3.09. The Morgan fingerprint density at radius 3 is 2.50 bits per heavy atom. The fourth-order valence-electron chi connectivity index (χ4n) is 1.26. The summed E-state index contributed by atoms with van der Waals surface area (Å²) in [7, 11) is 0. The molecular formula is C11H15Sn. The van der Waals surface area contributed by atoms with E-state index in [0.29, 0.717) is 0 Å². The van der Waals surface area contributed by atoms with Crippen LogP contribution in [0, 0.1) is 0 Å². The molecule has 0 saturated heterocycles. The third-order valence-corrected chi connectivity index (χ3v) is 3.82. The quantitative estimate of drug-likeness (QED) is 0.734. The van der Waals surface area contributed by atoms with E-state index in [1.54, 1.807) is 22.5 Å². The Morgan fingerprint density at radius 1 is 1.25 bits per heavy atom. The Bertz CT molecular complexity index is 206. The van der Waals surface area contributed by atoms with Gasteiger partial charge in [-0.2, -0.15) is 0 Å². The Labute approximate surface area is 88.5 Å². The first-order valence-electron chi connectivity index (χ1n) is 4.60. The molecule has 1 rings (SSSR count). The SMILES string of the molecule is CCCC[CH]([Sn])c1ccccc1. The Kier molecular flexibility index (Phi) is 4.74. The van der Waals surface area contributed by atoms with Gasteiger partial charge in [0.05, 0.1) is 0 Å². The fraction of sp³-hybridized carbons (Fsp3) is 0.455. The summed E-state index contributed by atoms with van der Waals surface area (Å²) in [6, 6.07) is 10.9. The first-order chi connectivity index (χ1) is 5.84. The van der Waals surface area contributed by atoms with Crippen molar-refractivity contribution in [2.24, 2.45) is 0 Å². The van der Waals surface area contributed by atoms with Crippen LogP contribution < -0.4 is 0 Å². The van der Waals surface area contributed by atoms with E-state index >= 15 is 0 Å². The van der Waals surface area contributed by atoms with Gasteiger partial charge < -0.3 is 0 Å². The van der Waals surface area contributed by atoms with Crippen molar-refractivity contribution >= 4 is 22.5 Å². The molecule has 1 aromatic carbocycles. The van der Waals surface area contributed by atoms with Gasteiger partial charge in [0.15, 0.2) is 0 Å². The minimum absolute atomic E-state index is 0.818. The summed E-state index contributed by atoms with van der Waals surface area (Å²) in [6.07, 6.45) is 4.04. The summed E-state index contributed by atoms with van der Waals surface area (Å²) in [5, 5.41) is 0. The molecule has 3 radical (unpaired) electrons. The van der Waals surface area contributed by atoms with E-state index in [4.69, 9.17) is 0 Å². The van der Waals surface area contributed by atoms with Gasteiger partial charge in [-0.15, -0.1) is 0 Å². The van der Waals surface area contributed by atoms with Crippen molar-refractivity contribution in [1.82, 2.24) is 0 Å². The van der Waals surface area contributed by atoms with Crippen LogP contribution in [0.1, 0.15) is 35.7 Å². The van der Waals surface area contributed by atoms with E-state index in [1.807, 2.05) is 0 Å². The average molecular weight is 266 g/mol. The van der Waals surface area contributed by atoms with Crippen molar-refractivity contribution in [3.63, 3.8) is 0 Å². The molecule has 0 fully saturated rings.